The molecule has 176 valence electrons. The molecule has 34 heavy (non-hydrogen) atoms. The molecule has 2 aliphatic carbocycles. The Kier molecular flexibility index (Phi) is 6.59. The third-order valence-electron chi connectivity index (χ3n) is 6.53. The van der Waals surface area contributed by atoms with Crippen molar-refractivity contribution < 1.29 is 23.8 Å². The van der Waals surface area contributed by atoms with E-state index in [1.807, 2.05) is 49.4 Å². The molecule has 6 heteroatoms. The van der Waals surface area contributed by atoms with Crippen molar-refractivity contribution in [3.8, 4) is 11.5 Å². The highest BCUT2D eigenvalue weighted by Gasteiger charge is 2.42. The van der Waals surface area contributed by atoms with Gasteiger partial charge in [-0.05, 0) is 59.0 Å². The number of carbonyl (C=O) groups is 2. The molecule has 0 amide bonds. The molecule has 0 radical (unpaired) electrons. The summed E-state index contributed by atoms with van der Waals surface area (Å²) in [5.74, 6) is 2.35. The van der Waals surface area contributed by atoms with E-state index in [9.17, 15) is 9.59 Å². The van der Waals surface area contributed by atoms with E-state index < -0.39 is 5.92 Å². The molecule has 0 N–H and O–H groups in total. The van der Waals surface area contributed by atoms with E-state index in [1.165, 1.54) is 0 Å². The van der Waals surface area contributed by atoms with Gasteiger partial charge in [0.15, 0.2) is 23.1 Å². The van der Waals surface area contributed by atoms with Gasteiger partial charge >= 0.3 is 0 Å². The molecular formula is C28H27BrO5. The number of halogens is 1. The van der Waals surface area contributed by atoms with Gasteiger partial charge in [0.25, 0.3) is 0 Å². The standard InChI is InChI=1S/C28H27BrO5/c1-2-32-24-15-18(14-19(29)28(24)33-16-17-8-4-3-5-9-17)25-26-20(30)10-6-12-22(26)34-23-13-7-11-21(31)27(23)25/h3-5,8-9,14-15,25H,2,6-7,10-13,16H2,1H3. The maximum Gasteiger partial charge on any atom is 0.175 e. The summed E-state index contributed by atoms with van der Waals surface area (Å²) in [5, 5.41) is 0. The third kappa shape index (κ3) is 4.31. The summed E-state index contributed by atoms with van der Waals surface area (Å²) in [6.45, 7) is 2.79. The van der Waals surface area contributed by atoms with Crippen LogP contribution in [0, 0.1) is 0 Å². The number of hydrogen-bond acceptors (Lipinski definition) is 5. The topological polar surface area (TPSA) is 61.8 Å². The Morgan fingerprint density at radius 3 is 2.18 bits per heavy atom. The maximum atomic E-state index is 13.1. The highest BCUT2D eigenvalue weighted by molar-refractivity contribution is 9.10. The van der Waals surface area contributed by atoms with Crippen LogP contribution in [0.1, 0.15) is 62.5 Å². The van der Waals surface area contributed by atoms with Crippen LogP contribution in [0.15, 0.2) is 69.6 Å². The second-order valence-electron chi connectivity index (χ2n) is 8.80. The third-order valence-corrected chi connectivity index (χ3v) is 7.12. The molecule has 1 heterocycles. The van der Waals surface area contributed by atoms with Crippen LogP contribution in [0.2, 0.25) is 0 Å². The number of allylic oxidation sites excluding steroid dienone is 4. The van der Waals surface area contributed by atoms with Crippen molar-refractivity contribution in [3.05, 3.63) is 80.7 Å². The summed E-state index contributed by atoms with van der Waals surface area (Å²) in [6, 6.07) is 13.8. The van der Waals surface area contributed by atoms with E-state index >= 15 is 0 Å². The van der Waals surface area contributed by atoms with Crippen LogP contribution in [0.25, 0.3) is 0 Å². The minimum Gasteiger partial charge on any atom is -0.490 e. The summed E-state index contributed by atoms with van der Waals surface area (Å²) < 4.78 is 19.0. The minimum atomic E-state index is -0.432. The average molecular weight is 523 g/mol. The van der Waals surface area contributed by atoms with Crippen LogP contribution in [0.5, 0.6) is 11.5 Å². The fourth-order valence-corrected chi connectivity index (χ4v) is 5.61. The number of ketones is 2. The summed E-state index contributed by atoms with van der Waals surface area (Å²) >= 11 is 3.68. The first-order valence-electron chi connectivity index (χ1n) is 11.9. The maximum absolute atomic E-state index is 13.1. The smallest absolute Gasteiger partial charge is 0.175 e. The highest BCUT2D eigenvalue weighted by atomic mass is 79.9. The zero-order chi connectivity index (χ0) is 23.7. The SMILES string of the molecule is CCOc1cc(C2C3=C(CCCC3=O)OC3=C2C(=O)CCC3)cc(Br)c1OCc1ccccc1. The van der Waals surface area contributed by atoms with E-state index in [1.54, 1.807) is 0 Å². The number of benzene rings is 2. The molecule has 2 aromatic rings. The summed E-state index contributed by atoms with van der Waals surface area (Å²) in [4.78, 5) is 26.2. The molecule has 0 spiro atoms. The number of carbonyl (C=O) groups excluding carboxylic acids is 2. The lowest BCUT2D eigenvalue weighted by Crippen LogP contribution is -2.30. The quantitative estimate of drug-likeness (QED) is 0.430. The first-order valence-corrected chi connectivity index (χ1v) is 12.7. The first-order chi connectivity index (χ1) is 16.6. The lowest BCUT2D eigenvalue weighted by atomic mass is 9.73. The van der Waals surface area contributed by atoms with Crippen molar-refractivity contribution in [2.75, 3.05) is 6.61 Å². The van der Waals surface area contributed by atoms with Crippen molar-refractivity contribution in [2.24, 2.45) is 0 Å². The Balaban J connectivity index is 1.58. The monoisotopic (exact) mass is 522 g/mol. The number of Topliss-reactive ketones (excluding diaryl/α,β-unsaturated/α-hetero) is 2. The number of hydrogen-bond donors (Lipinski definition) is 0. The van der Waals surface area contributed by atoms with Crippen LogP contribution >= 0.6 is 15.9 Å². The van der Waals surface area contributed by atoms with E-state index in [0.717, 1.165) is 52.8 Å². The minimum absolute atomic E-state index is 0.0645. The Hall–Kier alpha value is -2.86. The summed E-state index contributed by atoms with van der Waals surface area (Å²) in [7, 11) is 0. The summed E-state index contributed by atoms with van der Waals surface area (Å²) in [6.07, 6.45) is 3.96. The second kappa shape index (κ2) is 9.79. The number of rotatable bonds is 6. The van der Waals surface area contributed by atoms with Gasteiger partial charge in [0.1, 0.15) is 18.1 Å². The van der Waals surface area contributed by atoms with E-state index in [0.29, 0.717) is 48.7 Å². The normalized spacial score (nSPS) is 18.4. The Morgan fingerprint density at radius 2 is 1.56 bits per heavy atom. The fraction of sp³-hybridized carbons (Fsp3) is 0.357. The van der Waals surface area contributed by atoms with Gasteiger partial charge in [-0.2, -0.15) is 0 Å². The highest BCUT2D eigenvalue weighted by Crippen LogP contribution is 2.50. The Morgan fingerprint density at radius 1 is 0.912 bits per heavy atom. The van der Waals surface area contributed by atoms with Gasteiger partial charge in [-0.1, -0.05) is 30.3 Å². The van der Waals surface area contributed by atoms with Crippen molar-refractivity contribution in [3.63, 3.8) is 0 Å². The molecule has 5 rings (SSSR count). The van der Waals surface area contributed by atoms with Crippen LogP contribution in [-0.2, 0) is 20.9 Å². The van der Waals surface area contributed by atoms with E-state index in [4.69, 9.17) is 14.2 Å². The molecule has 1 aliphatic heterocycles. The van der Waals surface area contributed by atoms with E-state index in [2.05, 4.69) is 15.9 Å². The van der Waals surface area contributed by atoms with Crippen LogP contribution < -0.4 is 9.47 Å². The lowest BCUT2D eigenvalue weighted by molar-refractivity contribution is -0.117. The average Bonchev–Trinajstić information content (AvgIpc) is 2.83. The fourth-order valence-electron chi connectivity index (χ4n) is 5.04. The van der Waals surface area contributed by atoms with Gasteiger partial charge in [0.2, 0.25) is 0 Å². The predicted molar refractivity (Wildman–Crippen MR) is 132 cm³/mol. The molecule has 0 aromatic heterocycles. The van der Waals surface area contributed by atoms with Gasteiger partial charge in [-0.3, -0.25) is 9.59 Å². The van der Waals surface area contributed by atoms with Crippen molar-refractivity contribution >= 4 is 27.5 Å². The molecular weight excluding hydrogens is 496 g/mol. The second-order valence-corrected chi connectivity index (χ2v) is 9.65. The van der Waals surface area contributed by atoms with Crippen molar-refractivity contribution in [1.29, 1.82) is 0 Å². The van der Waals surface area contributed by atoms with Crippen LogP contribution in [0.4, 0.5) is 0 Å². The summed E-state index contributed by atoms with van der Waals surface area (Å²) in [5.41, 5.74) is 3.16. The molecule has 0 atom stereocenters. The van der Waals surface area contributed by atoms with Crippen LogP contribution in [0.3, 0.4) is 0 Å². The zero-order valence-electron chi connectivity index (χ0n) is 19.2. The van der Waals surface area contributed by atoms with Crippen molar-refractivity contribution in [2.45, 2.75) is 58.0 Å². The van der Waals surface area contributed by atoms with Gasteiger partial charge < -0.3 is 14.2 Å². The van der Waals surface area contributed by atoms with Gasteiger partial charge in [0.05, 0.1) is 11.1 Å². The Labute approximate surface area is 207 Å². The Bertz CT molecular complexity index is 1150. The molecule has 3 aliphatic rings. The molecule has 0 unspecified atom stereocenters. The molecule has 0 saturated carbocycles. The predicted octanol–water partition coefficient (Wildman–Crippen LogP) is 6.55. The zero-order valence-corrected chi connectivity index (χ0v) is 20.8. The first kappa shape index (κ1) is 22.9. The molecule has 0 bridgehead atoms. The lowest BCUT2D eigenvalue weighted by Gasteiger charge is -2.36. The number of ether oxygens (including phenoxy) is 3. The van der Waals surface area contributed by atoms with Crippen molar-refractivity contribution in [1.82, 2.24) is 0 Å². The van der Waals surface area contributed by atoms with Gasteiger partial charge in [-0.15, -0.1) is 0 Å². The largest absolute Gasteiger partial charge is 0.490 e. The molecule has 0 fully saturated rings. The van der Waals surface area contributed by atoms with Gasteiger partial charge in [-0.25, -0.2) is 0 Å². The molecule has 2 aromatic carbocycles. The van der Waals surface area contributed by atoms with Crippen LogP contribution in [-0.4, -0.2) is 18.2 Å². The molecule has 0 saturated heterocycles. The van der Waals surface area contributed by atoms with E-state index in [-0.39, 0.29) is 11.6 Å². The molecule has 5 nitrogen and oxygen atoms in total. The van der Waals surface area contributed by atoms with Gasteiger partial charge in [0, 0.05) is 42.7 Å².